The summed E-state index contributed by atoms with van der Waals surface area (Å²) in [6.07, 6.45) is 7.84. The maximum atomic E-state index is 10.0. The minimum Gasteiger partial charge on any atom is -0.389 e. The van der Waals surface area contributed by atoms with Crippen LogP contribution in [0.3, 0.4) is 0 Å². The molecule has 1 heterocycles. The molecule has 1 aromatic carbocycles. The molecule has 0 radical (unpaired) electrons. The smallest absolute Gasteiger partial charge is 0.0781 e. The fourth-order valence-electron chi connectivity index (χ4n) is 4.03. The Morgan fingerprint density at radius 2 is 1.84 bits per heavy atom. The van der Waals surface area contributed by atoms with Crippen LogP contribution < -0.4 is 4.90 Å². The van der Waals surface area contributed by atoms with Crippen LogP contribution in [0.1, 0.15) is 57.1 Å². The van der Waals surface area contributed by atoms with Crippen molar-refractivity contribution in [2.75, 3.05) is 11.4 Å². The number of nitrogens with zero attached hydrogens (tertiary/aromatic N) is 1. The first-order valence-electron chi connectivity index (χ1n) is 7.81. The summed E-state index contributed by atoms with van der Waals surface area (Å²) < 4.78 is 0. The molecule has 1 aliphatic carbocycles. The molecule has 3 rings (SSSR count). The lowest BCUT2D eigenvalue weighted by Crippen LogP contribution is -2.47. The van der Waals surface area contributed by atoms with E-state index in [1.807, 2.05) is 13.0 Å². The van der Waals surface area contributed by atoms with E-state index < -0.39 is 0 Å². The highest BCUT2D eigenvalue weighted by atomic mass is 16.3. The van der Waals surface area contributed by atoms with Crippen LogP contribution in [0.15, 0.2) is 24.3 Å². The van der Waals surface area contributed by atoms with Crippen molar-refractivity contribution in [2.24, 2.45) is 5.92 Å². The van der Waals surface area contributed by atoms with E-state index in [2.05, 4.69) is 23.1 Å². The van der Waals surface area contributed by atoms with Gasteiger partial charge < -0.3 is 10.0 Å². The first kappa shape index (κ1) is 13.0. The zero-order valence-corrected chi connectivity index (χ0v) is 11.9. The van der Waals surface area contributed by atoms with Crippen molar-refractivity contribution in [3.8, 4) is 0 Å². The monoisotopic (exact) mass is 259 g/mol. The van der Waals surface area contributed by atoms with Crippen LogP contribution >= 0.6 is 0 Å². The Labute approximate surface area is 116 Å². The van der Waals surface area contributed by atoms with Crippen LogP contribution in [-0.4, -0.2) is 17.7 Å². The lowest BCUT2D eigenvalue weighted by atomic mass is 9.78. The number of aliphatic hydroxyl groups is 1. The Morgan fingerprint density at radius 1 is 1.11 bits per heavy atom. The fourth-order valence-corrected chi connectivity index (χ4v) is 4.03. The van der Waals surface area contributed by atoms with Gasteiger partial charge in [0.25, 0.3) is 0 Å². The Kier molecular flexibility index (Phi) is 3.79. The van der Waals surface area contributed by atoms with Crippen molar-refractivity contribution in [3.05, 3.63) is 29.8 Å². The van der Waals surface area contributed by atoms with Crippen molar-refractivity contribution < 1.29 is 5.11 Å². The first-order valence-corrected chi connectivity index (χ1v) is 7.81. The minimum atomic E-state index is -0.375. The molecule has 0 bridgehead atoms. The number of aliphatic hydroxyl groups excluding tert-OH is 1. The molecule has 2 nitrogen and oxygen atoms in total. The predicted molar refractivity (Wildman–Crippen MR) is 79.4 cm³/mol. The summed E-state index contributed by atoms with van der Waals surface area (Å²) in [5.74, 6) is 0.879. The number of fused-ring (bicyclic) bond motifs is 1. The molecule has 2 heteroatoms. The maximum absolute atomic E-state index is 10.0. The van der Waals surface area contributed by atoms with Gasteiger partial charge in [0.2, 0.25) is 0 Å². The van der Waals surface area contributed by atoms with E-state index >= 15 is 0 Å². The molecule has 19 heavy (non-hydrogen) atoms. The van der Waals surface area contributed by atoms with Gasteiger partial charge in [0.05, 0.1) is 6.10 Å². The van der Waals surface area contributed by atoms with Gasteiger partial charge in [-0.05, 0) is 44.6 Å². The summed E-state index contributed by atoms with van der Waals surface area (Å²) in [7, 11) is 0. The fraction of sp³-hybridized carbons (Fsp3) is 0.647. The topological polar surface area (TPSA) is 23.5 Å². The van der Waals surface area contributed by atoms with Crippen LogP contribution in [0, 0.1) is 5.92 Å². The third-order valence-corrected chi connectivity index (χ3v) is 4.94. The quantitative estimate of drug-likeness (QED) is 0.870. The predicted octanol–water partition coefficient (Wildman–Crippen LogP) is 3.90. The summed E-state index contributed by atoms with van der Waals surface area (Å²) in [5.41, 5.74) is 2.36. The Morgan fingerprint density at radius 3 is 2.68 bits per heavy atom. The number of rotatable bonds is 2. The van der Waals surface area contributed by atoms with Gasteiger partial charge in [-0.15, -0.1) is 0 Å². The molecule has 104 valence electrons. The van der Waals surface area contributed by atoms with Crippen molar-refractivity contribution in [2.45, 2.75) is 57.6 Å². The Balaban J connectivity index is 1.91. The summed E-state index contributed by atoms with van der Waals surface area (Å²) in [4.78, 5) is 2.59. The van der Waals surface area contributed by atoms with E-state index in [1.54, 1.807) is 0 Å². The second-order valence-corrected chi connectivity index (χ2v) is 6.18. The molecule has 1 saturated carbocycles. The highest BCUT2D eigenvalue weighted by Gasteiger charge is 2.34. The Bertz CT molecular complexity index is 427. The van der Waals surface area contributed by atoms with E-state index in [9.17, 15) is 5.11 Å². The third kappa shape index (κ3) is 2.51. The average molecular weight is 259 g/mol. The van der Waals surface area contributed by atoms with Crippen molar-refractivity contribution in [1.29, 1.82) is 0 Å². The average Bonchev–Trinajstić information content (AvgIpc) is 2.46. The summed E-state index contributed by atoms with van der Waals surface area (Å²) in [5, 5.41) is 10.0. The van der Waals surface area contributed by atoms with Gasteiger partial charge in [0.1, 0.15) is 0 Å². The zero-order chi connectivity index (χ0) is 13.2. The van der Waals surface area contributed by atoms with Gasteiger partial charge >= 0.3 is 0 Å². The molecule has 0 amide bonds. The van der Waals surface area contributed by atoms with Crippen LogP contribution in [0.25, 0.3) is 0 Å². The van der Waals surface area contributed by atoms with Crippen LogP contribution in [-0.2, 0) is 0 Å². The van der Waals surface area contributed by atoms with Crippen molar-refractivity contribution in [1.82, 2.24) is 0 Å². The molecule has 0 unspecified atom stereocenters. The highest BCUT2D eigenvalue weighted by molar-refractivity contribution is 5.55. The van der Waals surface area contributed by atoms with Crippen LogP contribution in [0.5, 0.6) is 0 Å². The molecule has 2 fully saturated rings. The minimum absolute atomic E-state index is 0.375. The van der Waals surface area contributed by atoms with Crippen LogP contribution in [0.2, 0.25) is 0 Å². The largest absolute Gasteiger partial charge is 0.389 e. The first-order chi connectivity index (χ1) is 9.27. The summed E-state index contributed by atoms with van der Waals surface area (Å²) in [6, 6.07) is 9.12. The van der Waals surface area contributed by atoms with Crippen molar-refractivity contribution in [3.63, 3.8) is 0 Å². The molecule has 3 atom stereocenters. The molecule has 2 aliphatic rings. The van der Waals surface area contributed by atoms with Gasteiger partial charge in [-0.2, -0.15) is 0 Å². The molecule has 1 aromatic rings. The standard InChI is InChI=1S/C17H25NO/c1-13(19)15-9-3-5-11-17(15)18-12-6-8-14-7-2-4-10-16(14)18/h3,5,9,11,13-14,16,19H,2,4,6-8,10,12H2,1H3/t13-,14-,16-/m1/s1. The van der Waals surface area contributed by atoms with E-state index in [4.69, 9.17) is 0 Å². The molecule has 0 spiro atoms. The maximum Gasteiger partial charge on any atom is 0.0781 e. The number of hydrogen-bond acceptors (Lipinski definition) is 2. The van der Waals surface area contributed by atoms with Crippen molar-refractivity contribution >= 4 is 5.69 Å². The highest BCUT2D eigenvalue weighted by Crippen LogP contribution is 2.39. The number of benzene rings is 1. The second-order valence-electron chi connectivity index (χ2n) is 6.18. The second kappa shape index (κ2) is 5.54. The molecule has 1 N–H and O–H groups in total. The number of para-hydroxylation sites is 1. The number of piperidine rings is 1. The Hall–Kier alpha value is -1.02. The van der Waals surface area contributed by atoms with Crippen LogP contribution in [0.4, 0.5) is 5.69 Å². The lowest BCUT2D eigenvalue weighted by Gasteiger charge is -2.46. The molecule has 1 aliphatic heterocycles. The van der Waals surface area contributed by atoms with E-state index in [1.165, 1.54) is 44.2 Å². The zero-order valence-electron chi connectivity index (χ0n) is 11.9. The third-order valence-electron chi connectivity index (χ3n) is 4.94. The molecular weight excluding hydrogens is 234 g/mol. The van der Waals surface area contributed by atoms with E-state index in [0.717, 1.165) is 18.0 Å². The van der Waals surface area contributed by atoms with Gasteiger partial charge in [-0.3, -0.25) is 0 Å². The normalized spacial score (nSPS) is 28.8. The van der Waals surface area contributed by atoms with Gasteiger partial charge in [0.15, 0.2) is 0 Å². The number of hydrogen-bond donors (Lipinski definition) is 1. The molecule has 0 aromatic heterocycles. The van der Waals surface area contributed by atoms with Gasteiger partial charge in [-0.25, -0.2) is 0 Å². The van der Waals surface area contributed by atoms with E-state index in [-0.39, 0.29) is 6.10 Å². The number of anilines is 1. The van der Waals surface area contributed by atoms with Gasteiger partial charge in [-0.1, -0.05) is 31.0 Å². The summed E-state index contributed by atoms with van der Waals surface area (Å²) in [6.45, 7) is 3.03. The SMILES string of the molecule is C[C@@H](O)c1ccccc1N1CCC[C@H]2CCCC[C@H]21. The molecule has 1 saturated heterocycles. The summed E-state index contributed by atoms with van der Waals surface area (Å²) >= 11 is 0. The molecular formula is C17H25NO. The van der Waals surface area contributed by atoms with E-state index in [0.29, 0.717) is 6.04 Å². The van der Waals surface area contributed by atoms with Gasteiger partial charge in [0, 0.05) is 23.8 Å². The lowest BCUT2D eigenvalue weighted by molar-refractivity contribution is 0.197.